The second-order valence-corrected chi connectivity index (χ2v) is 2.57. The molecule has 70 valence electrons. The van der Waals surface area contributed by atoms with Gasteiger partial charge in [-0.25, -0.2) is 0 Å². The minimum Gasteiger partial charge on any atom is -0.408 e. The second-order valence-electron chi connectivity index (χ2n) is 2.57. The summed E-state index contributed by atoms with van der Waals surface area (Å²) >= 11 is 0. The van der Waals surface area contributed by atoms with Crippen LogP contribution in [0.4, 0.5) is 0 Å². The lowest BCUT2D eigenvalue weighted by Gasteiger charge is -1.97. The number of ether oxygens (including phenoxy) is 1. The molecule has 0 radical (unpaired) electrons. The minimum absolute atomic E-state index is 0.0561. The molecule has 1 rings (SSSR count). The molecule has 0 saturated heterocycles. The molecule has 0 bridgehead atoms. The smallest absolute Gasteiger partial charge is 0.140 e. The molecule has 3 nitrogen and oxygen atoms in total. The summed E-state index contributed by atoms with van der Waals surface area (Å²) in [7, 11) is 0. The maximum absolute atomic E-state index is 8.53. The number of benzene rings is 1. The van der Waals surface area contributed by atoms with Gasteiger partial charge in [0, 0.05) is 0 Å². The number of nitrogens with zero attached hydrogens (tertiary/aromatic N) is 2. The Morgan fingerprint density at radius 2 is 1.80 bits per heavy atom. The summed E-state index contributed by atoms with van der Waals surface area (Å²) in [6, 6.07) is 10.3. The summed E-state index contributed by atoms with van der Waals surface area (Å²) in [5.74, 6) is 0.546. The fourth-order valence-corrected chi connectivity index (χ4v) is 0.956. The van der Waals surface area contributed by atoms with Crippen molar-refractivity contribution in [3.8, 4) is 30.4 Å². The SMILES string of the molecule is C#COc1ccc(C=C(C#N)C#N)cc1. The summed E-state index contributed by atoms with van der Waals surface area (Å²) in [4.78, 5) is 0. The van der Waals surface area contributed by atoms with Crippen molar-refractivity contribution in [1.29, 1.82) is 10.5 Å². The standard InChI is InChI=1S/C12H6N2O/c1-2-15-12-5-3-10(4-6-12)7-11(8-13)9-14/h1,3-7H. The maximum Gasteiger partial charge on any atom is 0.140 e. The number of allylic oxidation sites excluding steroid dienone is 1. The normalized spacial score (nSPS) is 7.80. The summed E-state index contributed by atoms with van der Waals surface area (Å²) in [5, 5.41) is 17.1. The van der Waals surface area contributed by atoms with E-state index in [9.17, 15) is 0 Å². The Morgan fingerprint density at radius 3 is 2.27 bits per heavy atom. The van der Waals surface area contributed by atoms with Crippen LogP contribution in [0.1, 0.15) is 5.56 Å². The van der Waals surface area contributed by atoms with E-state index in [0.29, 0.717) is 5.75 Å². The molecule has 0 atom stereocenters. The molecule has 0 aliphatic heterocycles. The van der Waals surface area contributed by atoms with Gasteiger partial charge in [-0.3, -0.25) is 0 Å². The molecule has 0 aromatic heterocycles. The molecule has 0 spiro atoms. The fraction of sp³-hybridized carbons (Fsp3) is 0. The van der Waals surface area contributed by atoms with Crippen molar-refractivity contribution in [2.75, 3.05) is 0 Å². The van der Waals surface area contributed by atoms with Gasteiger partial charge in [-0.2, -0.15) is 10.5 Å². The summed E-state index contributed by atoms with van der Waals surface area (Å²) in [6.07, 6.45) is 8.48. The molecule has 0 fully saturated rings. The van der Waals surface area contributed by atoms with Crippen LogP contribution in [-0.4, -0.2) is 0 Å². The molecule has 15 heavy (non-hydrogen) atoms. The first-order chi connectivity index (χ1) is 7.30. The second kappa shape index (κ2) is 5.12. The van der Waals surface area contributed by atoms with Crippen molar-refractivity contribution in [3.05, 3.63) is 35.4 Å². The van der Waals surface area contributed by atoms with E-state index in [1.54, 1.807) is 36.4 Å². The zero-order valence-corrected chi connectivity index (χ0v) is 7.77. The number of terminal acetylenes is 1. The third-order valence-corrected chi connectivity index (χ3v) is 1.61. The average Bonchev–Trinajstić information content (AvgIpc) is 2.28. The van der Waals surface area contributed by atoms with E-state index < -0.39 is 0 Å². The minimum atomic E-state index is 0.0561. The van der Waals surface area contributed by atoms with Crippen molar-refractivity contribution in [3.63, 3.8) is 0 Å². The number of rotatable bonds is 2. The fourth-order valence-electron chi connectivity index (χ4n) is 0.956. The van der Waals surface area contributed by atoms with Crippen LogP contribution in [0.25, 0.3) is 6.08 Å². The van der Waals surface area contributed by atoms with Crippen molar-refractivity contribution in [2.45, 2.75) is 0 Å². The van der Waals surface area contributed by atoms with E-state index in [1.165, 1.54) is 6.08 Å². The Morgan fingerprint density at radius 1 is 1.20 bits per heavy atom. The maximum atomic E-state index is 8.53. The van der Waals surface area contributed by atoms with Crippen molar-refractivity contribution >= 4 is 6.08 Å². The first-order valence-corrected chi connectivity index (χ1v) is 4.04. The van der Waals surface area contributed by atoms with Gasteiger partial charge >= 0.3 is 0 Å². The first kappa shape index (κ1) is 10.4. The highest BCUT2D eigenvalue weighted by Gasteiger charge is 1.95. The van der Waals surface area contributed by atoms with Gasteiger partial charge in [0.2, 0.25) is 0 Å². The highest BCUT2D eigenvalue weighted by Crippen LogP contribution is 2.13. The lowest BCUT2D eigenvalue weighted by atomic mass is 10.1. The molecule has 0 saturated carbocycles. The summed E-state index contributed by atoms with van der Waals surface area (Å²) in [6.45, 7) is 0. The Balaban J connectivity index is 2.93. The first-order valence-electron chi connectivity index (χ1n) is 4.04. The van der Waals surface area contributed by atoms with Gasteiger partial charge < -0.3 is 4.74 Å². The van der Waals surface area contributed by atoms with Crippen molar-refractivity contribution in [2.24, 2.45) is 0 Å². The molecular formula is C12H6N2O. The van der Waals surface area contributed by atoms with Crippen LogP contribution in [0.3, 0.4) is 0 Å². The summed E-state index contributed by atoms with van der Waals surface area (Å²) < 4.78 is 4.80. The average molecular weight is 194 g/mol. The van der Waals surface area contributed by atoms with Gasteiger partial charge in [-0.15, -0.1) is 0 Å². The molecule has 0 aliphatic rings. The van der Waals surface area contributed by atoms with Crippen molar-refractivity contribution in [1.82, 2.24) is 0 Å². The number of hydrogen-bond acceptors (Lipinski definition) is 3. The van der Waals surface area contributed by atoms with Gasteiger partial charge in [0.05, 0.1) is 0 Å². The molecule has 1 aromatic carbocycles. The molecule has 0 heterocycles. The van der Waals surface area contributed by atoms with Gasteiger partial charge in [-0.1, -0.05) is 18.6 Å². The molecular weight excluding hydrogens is 188 g/mol. The molecule has 3 heteroatoms. The van der Waals surface area contributed by atoms with Crippen LogP contribution in [-0.2, 0) is 0 Å². The van der Waals surface area contributed by atoms with Crippen LogP contribution in [0.2, 0.25) is 0 Å². The zero-order chi connectivity index (χ0) is 11.1. The predicted molar refractivity (Wildman–Crippen MR) is 55.1 cm³/mol. The molecule has 0 amide bonds. The van der Waals surface area contributed by atoms with E-state index in [-0.39, 0.29) is 5.57 Å². The lowest BCUT2D eigenvalue weighted by Crippen LogP contribution is -1.81. The van der Waals surface area contributed by atoms with Gasteiger partial charge in [0.25, 0.3) is 0 Å². The van der Waals surface area contributed by atoms with Crippen molar-refractivity contribution < 1.29 is 4.74 Å². The summed E-state index contributed by atoms with van der Waals surface area (Å²) in [5.41, 5.74) is 0.804. The van der Waals surface area contributed by atoms with E-state index in [0.717, 1.165) is 5.56 Å². The number of hydrogen-bond donors (Lipinski definition) is 0. The van der Waals surface area contributed by atoms with Gasteiger partial charge in [0.15, 0.2) is 0 Å². The topological polar surface area (TPSA) is 56.8 Å². The van der Waals surface area contributed by atoms with Crippen LogP contribution in [0.15, 0.2) is 29.8 Å². The highest BCUT2D eigenvalue weighted by atomic mass is 16.5. The molecule has 1 aromatic rings. The number of nitriles is 2. The monoisotopic (exact) mass is 194 g/mol. The van der Waals surface area contributed by atoms with Crippen LogP contribution in [0.5, 0.6) is 5.75 Å². The molecule has 0 N–H and O–H groups in total. The van der Waals surface area contributed by atoms with Crippen LogP contribution >= 0.6 is 0 Å². The zero-order valence-electron chi connectivity index (χ0n) is 7.77. The Bertz CT molecular complexity index is 476. The van der Waals surface area contributed by atoms with E-state index in [2.05, 4.69) is 0 Å². The highest BCUT2D eigenvalue weighted by molar-refractivity contribution is 5.62. The van der Waals surface area contributed by atoms with E-state index in [1.807, 2.05) is 6.11 Å². The lowest BCUT2D eigenvalue weighted by molar-refractivity contribution is 0.521. The quantitative estimate of drug-likeness (QED) is 0.535. The Hall–Kier alpha value is -2.70. The largest absolute Gasteiger partial charge is 0.408 e. The van der Waals surface area contributed by atoms with Gasteiger partial charge in [-0.05, 0) is 23.8 Å². The Kier molecular flexibility index (Phi) is 3.54. The molecule has 0 aliphatic carbocycles. The van der Waals surface area contributed by atoms with Gasteiger partial charge in [0.1, 0.15) is 29.6 Å². The Labute approximate surface area is 87.8 Å². The van der Waals surface area contributed by atoms with E-state index >= 15 is 0 Å². The predicted octanol–water partition coefficient (Wildman–Crippen LogP) is 2.09. The third-order valence-electron chi connectivity index (χ3n) is 1.61. The molecule has 0 unspecified atom stereocenters. The van der Waals surface area contributed by atoms with Crippen LogP contribution < -0.4 is 4.74 Å². The van der Waals surface area contributed by atoms with Crippen LogP contribution in [0, 0.1) is 35.2 Å². The third kappa shape index (κ3) is 2.92. The van der Waals surface area contributed by atoms with E-state index in [4.69, 9.17) is 21.7 Å².